The summed E-state index contributed by atoms with van der Waals surface area (Å²) in [7, 11) is 0. The van der Waals surface area contributed by atoms with Crippen molar-refractivity contribution >= 4 is 5.97 Å². The van der Waals surface area contributed by atoms with Crippen molar-refractivity contribution in [2.75, 3.05) is 6.54 Å². The standard InChI is InChI=1S/C11H13NO3/c12-4-3-9-6-8-5-7(11(13)14)1-2-10(8)15-9/h1-2,5,9H,3-4,6,12H2,(H,13,14). The molecule has 1 atom stereocenters. The minimum absolute atomic E-state index is 0.106. The maximum Gasteiger partial charge on any atom is 0.335 e. The average molecular weight is 207 g/mol. The Morgan fingerprint density at radius 3 is 3.07 bits per heavy atom. The van der Waals surface area contributed by atoms with Gasteiger partial charge in [0.25, 0.3) is 0 Å². The number of hydrogen-bond acceptors (Lipinski definition) is 3. The first-order chi connectivity index (χ1) is 7.20. The van der Waals surface area contributed by atoms with Gasteiger partial charge in [-0.05, 0) is 36.7 Å². The van der Waals surface area contributed by atoms with Gasteiger partial charge in [-0.15, -0.1) is 0 Å². The Balaban J connectivity index is 2.20. The summed E-state index contributed by atoms with van der Waals surface area (Å²) in [5.41, 5.74) is 6.72. The lowest BCUT2D eigenvalue weighted by molar-refractivity contribution is 0.0697. The third kappa shape index (κ3) is 1.94. The van der Waals surface area contributed by atoms with Crippen molar-refractivity contribution in [3.63, 3.8) is 0 Å². The fourth-order valence-corrected chi connectivity index (χ4v) is 1.80. The Kier molecular flexibility index (Phi) is 2.60. The third-order valence-electron chi connectivity index (χ3n) is 2.54. The fourth-order valence-electron chi connectivity index (χ4n) is 1.80. The zero-order valence-electron chi connectivity index (χ0n) is 8.27. The van der Waals surface area contributed by atoms with Crippen LogP contribution in [0.3, 0.4) is 0 Å². The molecule has 0 spiro atoms. The molecule has 1 aliphatic rings. The van der Waals surface area contributed by atoms with Crippen LogP contribution in [0.1, 0.15) is 22.3 Å². The Bertz CT molecular complexity index is 389. The number of rotatable bonds is 3. The molecule has 0 bridgehead atoms. The highest BCUT2D eigenvalue weighted by atomic mass is 16.5. The first-order valence-electron chi connectivity index (χ1n) is 4.93. The summed E-state index contributed by atoms with van der Waals surface area (Å²) in [4.78, 5) is 10.7. The van der Waals surface area contributed by atoms with Gasteiger partial charge in [0.1, 0.15) is 11.9 Å². The average Bonchev–Trinajstić information content (AvgIpc) is 2.59. The highest BCUT2D eigenvalue weighted by Gasteiger charge is 2.22. The predicted octanol–water partition coefficient (Wildman–Crippen LogP) is 1.04. The molecular weight excluding hydrogens is 194 g/mol. The molecule has 0 aromatic heterocycles. The minimum Gasteiger partial charge on any atom is -0.490 e. The van der Waals surface area contributed by atoms with Gasteiger partial charge >= 0.3 is 5.97 Å². The third-order valence-corrected chi connectivity index (χ3v) is 2.54. The van der Waals surface area contributed by atoms with E-state index in [-0.39, 0.29) is 6.10 Å². The number of carbonyl (C=O) groups is 1. The lowest BCUT2D eigenvalue weighted by Crippen LogP contribution is -2.17. The summed E-state index contributed by atoms with van der Waals surface area (Å²) in [5, 5.41) is 8.82. The van der Waals surface area contributed by atoms with Crippen LogP contribution in [0.25, 0.3) is 0 Å². The van der Waals surface area contributed by atoms with Gasteiger partial charge in [-0.3, -0.25) is 0 Å². The van der Waals surface area contributed by atoms with E-state index in [1.54, 1.807) is 18.2 Å². The van der Waals surface area contributed by atoms with E-state index in [1.165, 1.54) is 0 Å². The molecule has 80 valence electrons. The molecule has 1 unspecified atom stereocenters. The van der Waals surface area contributed by atoms with Crippen LogP contribution in [-0.4, -0.2) is 23.7 Å². The van der Waals surface area contributed by atoms with Gasteiger partial charge in [-0.2, -0.15) is 0 Å². The molecule has 0 aliphatic carbocycles. The normalized spacial score (nSPS) is 18.3. The van der Waals surface area contributed by atoms with E-state index in [2.05, 4.69) is 0 Å². The maximum absolute atomic E-state index is 10.7. The second kappa shape index (κ2) is 3.90. The lowest BCUT2D eigenvalue weighted by atomic mass is 10.1. The number of fused-ring (bicyclic) bond motifs is 1. The molecule has 0 saturated heterocycles. The van der Waals surface area contributed by atoms with Crippen molar-refractivity contribution in [2.24, 2.45) is 5.73 Å². The summed E-state index contributed by atoms with van der Waals surface area (Å²) < 4.78 is 5.61. The SMILES string of the molecule is NCCC1Cc2cc(C(=O)O)ccc2O1. The molecule has 1 heterocycles. The molecule has 15 heavy (non-hydrogen) atoms. The van der Waals surface area contributed by atoms with Crippen LogP contribution in [0.2, 0.25) is 0 Å². The molecule has 2 rings (SSSR count). The minimum atomic E-state index is -0.903. The van der Waals surface area contributed by atoms with E-state index in [4.69, 9.17) is 15.6 Å². The summed E-state index contributed by atoms with van der Waals surface area (Å²) in [6, 6.07) is 4.95. The number of benzene rings is 1. The van der Waals surface area contributed by atoms with Crippen molar-refractivity contribution in [3.05, 3.63) is 29.3 Å². The van der Waals surface area contributed by atoms with Gasteiger partial charge in [0, 0.05) is 6.42 Å². The number of ether oxygens (including phenoxy) is 1. The van der Waals surface area contributed by atoms with Crippen molar-refractivity contribution in [1.82, 2.24) is 0 Å². The lowest BCUT2D eigenvalue weighted by Gasteiger charge is -2.07. The first-order valence-corrected chi connectivity index (χ1v) is 4.93. The topological polar surface area (TPSA) is 72.6 Å². The highest BCUT2D eigenvalue weighted by molar-refractivity contribution is 5.88. The van der Waals surface area contributed by atoms with E-state index in [0.717, 1.165) is 24.2 Å². The molecule has 1 aliphatic heterocycles. The van der Waals surface area contributed by atoms with E-state index >= 15 is 0 Å². The Morgan fingerprint density at radius 2 is 2.40 bits per heavy atom. The Labute approximate surface area is 87.7 Å². The number of nitrogens with two attached hydrogens (primary N) is 1. The summed E-state index contributed by atoms with van der Waals surface area (Å²) >= 11 is 0. The molecular formula is C11H13NO3. The van der Waals surface area contributed by atoms with Crippen LogP contribution in [0, 0.1) is 0 Å². The number of carboxylic acids is 1. The van der Waals surface area contributed by atoms with Crippen molar-refractivity contribution in [3.8, 4) is 5.75 Å². The highest BCUT2D eigenvalue weighted by Crippen LogP contribution is 2.30. The van der Waals surface area contributed by atoms with E-state index in [0.29, 0.717) is 12.1 Å². The van der Waals surface area contributed by atoms with Crippen LogP contribution in [0.4, 0.5) is 0 Å². The number of carboxylic acid groups (broad SMARTS) is 1. The molecule has 4 heteroatoms. The summed E-state index contributed by atoms with van der Waals surface area (Å²) in [5.74, 6) is -0.112. The molecule has 0 saturated carbocycles. The second-order valence-corrected chi connectivity index (χ2v) is 3.65. The molecule has 0 radical (unpaired) electrons. The summed E-state index contributed by atoms with van der Waals surface area (Å²) in [6.07, 6.45) is 1.67. The van der Waals surface area contributed by atoms with Crippen LogP contribution in [0.15, 0.2) is 18.2 Å². The smallest absolute Gasteiger partial charge is 0.335 e. The predicted molar refractivity (Wildman–Crippen MR) is 55.2 cm³/mol. The van der Waals surface area contributed by atoms with Crippen LogP contribution in [-0.2, 0) is 6.42 Å². The van der Waals surface area contributed by atoms with Gasteiger partial charge in [-0.1, -0.05) is 0 Å². The maximum atomic E-state index is 10.7. The van der Waals surface area contributed by atoms with E-state index in [1.807, 2.05) is 0 Å². The van der Waals surface area contributed by atoms with Gasteiger partial charge < -0.3 is 15.6 Å². The zero-order valence-corrected chi connectivity index (χ0v) is 8.27. The number of hydrogen-bond donors (Lipinski definition) is 2. The van der Waals surface area contributed by atoms with E-state index in [9.17, 15) is 4.79 Å². The van der Waals surface area contributed by atoms with Gasteiger partial charge in [0.05, 0.1) is 5.56 Å². The molecule has 1 aromatic carbocycles. The monoisotopic (exact) mass is 207 g/mol. The second-order valence-electron chi connectivity index (χ2n) is 3.65. The molecule has 0 fully saturated rings. The number of aromatic carboxylic acids is 1. The van der Waals surface area contributed by atoms with Crippen LogP contribution < -0.4 is 10.5 Å². The molecule has 3 N–H and O–H groups in total. The zero-order chi connectivity index (χ0) is 10.8. The van der Waals surface area contributed by atoms with Gasteiger partial charge in [0.15, 0.2) is 0 Å². The molecule has 0 amide bonds. The Morgan fingerprint density at radius 1 is 1.60 bits per heavy atom. The first kappa shape index (κ1) is 9.98. The molecule has 4 nitrogen and oxygen atoms in total. The van der Waals surface area contributed by atoms with E-state index < -0.39 is 5.97 Å². The van der Waals surface area contributed by atoms with Crippen molar-refractivity contribution < 1.29 is 14.6 Å². The quantitative estimate of drug-likeness (QED) is 0.776. The van der Waals surface area contributed by atoms with Crippen molar-refractivity contribution in [1.29, 1.82) is 0 Å². The van der Waals surface area contributed by atoms with Crippen LogP contribution >= 0.6 is 0 Å². The van der Waals surface area contributed by atoms with Crippen LogP contribution in [0.5, 0.6) is 5.75 Å². The largest absolute Gasteiger partial charge is 0.490 e. The Hall–Kier alpha value is -1.55. The fraction of sp³-hybridized carbons (Fsp3) is 0.364. The van der Waals surface area contributed by atoms with Crippen molar-refractivity contribution in [2.45, 2.75) is 18.9 Å². The molecule has 1 aromatic rings. The van der Waals surface area contributed by atoms with Gasteiger partial charge in [-0.25, -0.2) is 4.79 Å². The summed E-state index contributed by atoms with van der Waals surface area (Å²) in [6.45, 7) is 0.588. The van der Waals surface area contributed by atoms with Gasteiger partial charge in [0.2, 0.25) is 0 Å².